The summed E-state index contributed by atoms with van der Waals surface area (Å²) >= 11 is 13.9. The molecule has 1 aromatic heterocycles. The summed E-state index contributed by atoms with van der Waals surface area (Å²) in [6, 6.07) is 11.8. The van der Waals surface area contributed by atoms with Crippen molar-refractivity contribution in [3.05, 3.63) is 94.6 Å². The van der Waals surface area contributed by atoms with Gasteiger partial charge in [-0.25, -0.2) is 14.6 Å². The molecule has 0 unspecified atom stereocenters. The fraction of sp³-hybridized carbons (Fsp3) is 0.259. The predicted octanol–water partition coefficient (Wildman–Crippen LogP) is 4.05. The summed E-state index contributed by atoms with van der Waals surface area (Å²) in [5.41, 5.74) is 1.87. The minimum absolute atomic E-state index is 0.138. The number of esters is 2. The molecule has 8 nitrogen and oxygen atoms in total. The smallest absolute Gasteiger partial charge is 0.344 e. The molecule has 0 saturated carbocycles. The van der Waals surface area contributed by atoms with Gasteiger partial charge in [0.05, 0.1) is 45.6 Å². The highest BCUT2D eigenvalue weighted by molar-refractivity contribution is 7.07. The number of aromatic nitrogens is 1. The lowest BCUT2D eigenvalue weighted by atomic mass is 9.95. The van der Waals surface area contributed by atoms with Gasteiger partial charge in [0.1, 0.15) is 0 Å². The van der Waals surface area contributed by atoms with Crippen LogP contribution in [-0.2, 0) is 19.1 Å². The van der Waals surface area contributed by atoms with Crippen molar-refractivity contribution in [2.75, 3.05) is 20.3 Å². The van der Waals surface area contributed by atoms with Crippen molar-refractivity contribution >= 4 is 52.6 Å². The van der Waals surface area contributed by atoms with Crippen LogP contribution >= 0.6 is 34.5 Å². The van der Waals surface area contributed by atoms with Crippen LogP contribution in [0, 0.1) is 0 Å². The molecule has 1 atom stereocenters. The van der Waals surface area contributed by atoms with Gasteiger partial charge in [-0.05, 0) is 42.7 Å². The van der Waals surface area contributed by atoms with E-state index in [0.717, 1.165) is 5.56 Å². The van der Waals surface area contributed by atoms with Crippen molar-refractivity contribution in [1.82, 2.24) is 4.57 Å². The number of thiazole rings is 1. The van der Waals surface area contributed by atoms with Crippen LogP contribution in [0.25, 0.3) is 6.08 Å². The quantitative estimate of drug-likeness (QED) is 0.377. The molecule has 2 heterocycles. The Morgan fingerprint density at radius 2 is 1.82 bits per heavy atom. The highest BCUT2D eigenvalue weighted by Gasteiger charge is 2.33. The largest absolute Gasteiger partial charge is 0.479 e. The minimum atomic E-state index is -0.692. The first-order valence-corrected chi connectivity index (χ1v) is 13.3. The molecule has 0 fully saturated rings. The standard InChI is InChI=1S/C27H24Cl2N2O6S/c1-4-19-22(26(34)35-3)23(16-9-7-6-8-10-16)31-25(33)20(38-27(31)30-19)13-15-11-17(28)24(18(29)12-15)37-14-21(32)36-5-2/h6-13,23H,4-5,14H2,1-3H3/b20-13-/t23-/m0/s1. The van der Waals surface area contributed by atoms with E-state index in [0.29, 0.717) is 32.6 Å². The molecule has 0 N–H and O–H groups in total. The Hall–Kier alpha value is -3.40. The summed E-state index contributed by atoms with van der Waals surface area (Å²) in [4.78, 5) is 43.3. The molecule has 1 aliphatic rings. The summed E-state index contributed by atoms with van der Waals surface area (Å²) in [6.07, 6.45) is 2.13. The monoisotopic (exact) mass is 574 g/mol. The van der Waals surface area contributed by atoms with Crippen LogP contribution in [-0.4, -0.2) is 36.8 Å². The second kappa shape index (κ2) is 12.0. The average molecular weight is 575 g/mol. The lowest BCUT2D eigenvalue weighted by Crippen LogP contribution is -2.40. The van der Waals surface area contributed by atoms with E-state index in [2.05, 4.69) is 4.99 Å². The fourth-order valence-corrected chi connectivity index (χ4v) is 5.73. The lowest BCUT2D eigenvalue weighted by Gasteiger charge is -2.25. The number of allylic oxidation sites excluding steroid dienone is 1. The van der Waals surface area contributed by atoms with Crippen LogP contribution in [0.3, 0.4) is 0 Å². The molecule has 0 aliphatic carbocycles. The zero-order chi connectivity index (χ0) is 27.4. The molecule has 38 heavy (non-hydrogen) atoms. The van der Waals surface area contributed by atoms with E-state index in [1.807, 2.05) is 37.3 Å². The van der Waals surface area contributed by atoms with Gasteiger partial charge in [-0.3, -0.25) is 9.36 Å². The molecule has 0 radical (unpaired) electrons. The van der Waals surface area contributed by atoms with Crippen molar-refractivity contribution < 1.29 is 23.8 Å². The molecule has 0 bridgehead atoms. The zero-order valence-corrected chi connectivity index (χ0v) is 23.2. The number of carbonyl (C=O) groups is 2. The SMILES string of the molecule is CCOC(=O)COc1c(Cl)cc(/C=c2\sc3n(c2=O)[C@@H](c2ccccc2)C(C(=O)OC)=C(CC)N=3)cc1Cl. The van der Waals surface area contributed by atoms with Crippen molar-refractivity contribution in [2.24, 2.45) is 4.99 Å². The fourth-order valence-electron chi connectivity index (χ4n) is 4.10. The van der Waals surface area contributed by atoms with Gasteiger partial charge in [-0.1, -0.05) is 71.8 Å². The number of nitrogens with zero attached hydrogens (tertiary/aromatic N) is 2. The first kappa shape index (κ1) is 27.6. The molecule has 0 spiro atoms. The van der Waals surface area contributed by atoms with Crippen LogP contribution in [0.5, 0.6) is 5.75 Å². The second-order valence-electron chi connectivity index (χ2n) is 8.11. The van der Waals surface area contributed by atoms with Crippen LogP contribution in [0.1, 0.15) is 37.4 Å². The Morgan fingerprint density at radius 1 is 1.13 bits per heavy atom. The zero-order valence-electron chi connectivity index (χ0n) is 20.8. The maximum absolute atomic E-state index is 13.7. The van der Waals surface area contributed by atoms with Gasteiger partial charge in [0.25, 0.3) is 5.56 Å². The highest BCUT2D eigenvalue weighted by atomic mass is 35.5. The van der Waals surface area contributed by atoms with Gasteiger partial charge in [-0.15, -0.1) is 0 Å². The molecular formula is C27H24Cl2N2O6S. The van der Waals surface area contributed by atoms with E-state index in [4.69, 9.17) is 37.4 Å². The Bertz CT molecular complexity index is 1570. The molecule has 4 rings (SSSR count). The van der Waals surface area contributed by atoms with Crippen LogP contribution in [0.15, 0.2) is 63.5 Å². The highest BCUT2D eigenvalue weighted by Crippen LogP contribution is 2.35. The maximum atomic E-state index is 13.7. The predicted molar refractivity (Wildman–Crippen MR) is 145 cm³/mol. The van der Waals surface area contributed by atoms with E-state index >= 15 is 0 Å². The van der Waals surface area contributed by atoms with Gasteiger partial charge in [0.15, 0.2) is 17.2 Å². The summed E-state index contributed by atoms with van der Waals surface area (Å²) in [5, 5.41) is 0.341. The summed E-state index contributed by atoms with van der Waals surface area (Å²) in [6.45, 7) is 3.48. The Balaban J connectivity index is 1.81. The van der Waals surface area contributed by atoms with Crippen molar-refractivity contribution in [2.45, 2.75) is 26.3 Å². The lowest BCUT2D eigenvalue weighted by molar-refractivity contribution is -0.145. The summed E-state index contributed by atoms with van der Waals surface area (Å²) in [5.74, 6) is -0.944. The molecule has 0 amide bonds. The number of benzene rings is 2. The van der Waals surface area contributed by atoms with Crippen molar-refractivity contribution in [1.29, 1.82) is 0 Å². The first-order chi connectivity index (χ1) is 18.3. The Morgan fingerprint density at radius 3 is 2.42 bits per heavy atom. The van der Waals surface area contributed by atoms with Gasteiger partial charge in [0, 0.05) is 0 Å². The van der Waals surface area contributed by atoms with Gasteiger partial charge in [0.2, 0.25) is 0 Å². The minimum Gasteiger partial charge on any atom is -0.479 e. The molecule has 1 aliphatic heterocycles. The Kier molecular flexibility index (Phi) is 8.71. The van der Waals surface area contributed by atoms with Crippen LogP contribution in [0.4, 0.5) is 0 Å². The van der Waals surface area contributed by atoms with E-state index in [-0.39, 0.29) is 34.6 Å². The number of methoxy groups -OCH3 is 1. The molecule has 198 valence electrons. The second-order valence-corrected chi connectivity index (χ2v) is 9.93. The normalized spacial score (nSPS) is 15.1. The van der Waals surface area contributed by atoms with E-state index in [1.165, 1.54) is 23.0 Å². The number of rotatable bonds is 8. The van der Waals surface area contributed by atoms with E-state index in [1.54, 1.807) is 25.1 Å². The van der Waals surface area contributed by atoms with Crippen molar-refractivity contribution in [3.63, 3.8) is 0 Å². The van der Waals surface area contributed by atoms with E-state index < -0.39 is 18.0 Å². The third-order valence-corrected chi connectivity index (χ3v) is 7.27. The average Bonchev–Trinajstić information content (AvgIpc) is 3.21. The topological polar surface area (TPSA) is 96.2 Å². The maximum Gasteiger partial charge on any atom is 0.344 e. The number of hydrogen-bond donors (Lipinski definition) is 0. The number of halogens is 2. The van der Waals surface area contributed by atoms with Gasteiger partial charge >= 0.3 is 11.9 Å². The Labute approximate surface area is 232 Å². The summed E-state index contributed by atoms with van der Waals surface area (Å²) < 4.78 is 17.2. The van der Waals surface area contributed by atoms with Gasteiger partial charge in [-0.2, -0.15) is 0 Å². The molecule has 0 saturated heterocycles. The van der Waals surface area contributed by atoms with E-state index in [9.17, 15) is 14.4 Å². The van der Waals surface area contributed by atoms with Crippen molar-refractivity contribution in [3.8, 4) is 5.75 Å². The molecule has 2 aromatic carbocycles. The number of hydrogen-bond acceptors (Lipinski definition) is 8. The summed E-state index contributed by atoms with van der Waals surface area (Å²) in [7, 11) is 1.31. The molecular weight excluding hydrogens is 551 g/mol. The molecule has 3 aromatic rings. The van der Waals surface area contributed by atoms with Crippen LogP contribution in [0.2, 0.25) is 10.0 Å². The third-order valence-electron chi connectivity index (χ3n) is 5.72. The number of ether oxygens (including phenoxy) is 3. The first-order valence-electron chi connectivity index (χ1n) is 11.7. The molecule has 11 heteroatoms. The number of carbonyl (C=O) groups excluding carboxylic acids is 2. The third kappa shape index (κ3) is 5.55. The van der Waals surface area contributed by atoms with Crippen LogP contribution < -0.4 is 19.6 Å². The van der Waals surface area contributed by atoms with Gasteiger partial charge < -0.3 is 14.2 Å². The number of fused-ring (bicyclic) bond motifs is 1.